The lowest BCUT2D eigenvalue weighted by Crippen LogP contribution is -2.38. The molecule has 1 aliphatic heterocycles. The molecule has 0 unspecified atom stereocenters. The van der Waals surface area contributed by atoms with Crippen molar-refractivity contribution in [2.45, 2.75) is 32.9 Å². The van der Waals surface area contributed by atoms with Crippen molar-refractivity contribution in [2.24, 2.45) is 0 Å². The lowest BCUT2D eigenvalue weighted by Gasteiger charge is -2.27. The van der Waals surface area contributed by atoms with E-state index in [4.69, 9.17) is 4.74 Å². The minimum absolute atomic E-state index is 0.824. The summed E-state index contributed by atoms with van der Waals surface area (Å²) in [5, 5.41) is 3.43. The third-order valence-corrected chi connectivity index (χ3v) is 3.49. The van der Waals surface area contributed by atoms with E-state index in [1.807, 2.05) is 6.20 Å². The van der Waals surface area contributed by atoms with Crippen LogP contribution in [0.3, 0.4) is 0 Å². The molecule has 19 heavy (non-hydrogen) atoms. The van der Waals surface area contributed by atoms with Gasteiger partial charge in [-0.05, 0) is 6.42 Å². The first kappa shape index (κ1) is 14.5. The van der Waals surface area contributed by atoms with E-state index < -0.39 is 0 Å². The number of hydrogen-bond donors (Lipinski definition) is 1. The summed E-state index contributed by atoms with van der Waals surface area (Å²) in [6.45, 7) is 10.1. The molecule has 1 aromatic heterocycles. The number of nitrogens with one attached hydrogen (secondary N) is 1. The van der Waals surface area contributed by atoms with Gasteiger partial charge >= 0.3 is 0 Å². The third-order valence-electron chi connectivity index (χ3n) is 3.49. The average Bonchev–Trinajstić information content (AvgIpc) is 2.89. The lowest BCUT2D eigenvalue weighted by atomic mass is 10.3. The third kappa shape index (κ3) is 4.93. The van der Waals surface area contributed by atoms with Gasteiger partial charge in [-0.25, -0.2) is 4.98 Å². The topological polar surface area (TPSA) is 42.3 Å². The Morgan fingerprint density at radius 1 is 1.32 bits per heavy atom. The van der Waals surface area contributed by atoms with Gasteiger partial charge in [0.05, 0.1) is 13.2 Å². The first-order valence-corrected chi connectivity index (χ1v) is 7.41. The predicted octanol–water partition coefficient (Wildman–Crippen LogP) is 1.11. The van der Waals surface area contributed by atoms with E-state index in [-0.39, 0.29) is 0 Å². The van der Waals surface area contributed by atoms with Crippen LogP contribution in [-0.4, -0.2) is 53.8 Å². The number of fused-ring (bicyclic) bond motifs is 1. The van der Waals surface area contributed by atoms with Gasteiger partial charge in [-0.2, -0.15) is 0 Å². The van der Waals surface area contributed by atoms with Gasteiger partial charge in [-0.3, -0.25) is 4.90 Å². The molecule has 0 aliphatic carbocycles. The Kier molecular flexibility index (Phi) is 6.33. The standard InChI is InChI=1S/C14H26N4O/c1-2-3-11-19-12-6-15-4-7-17-9-10-18-8-5-16-14(18)13-17/h5,8,15H,2-4,6-7,9-13H2,1H3. The fraction of sp³-hybridized carbons (Fsp3) is 0.786. The fourth-order valence-corrected chi connectivity index (χ4v) is 2.27. The first-order valence-electron chi connectivity index (χ1n) is 7.41. The maximum absolute atomic E-state index is 5.51. The Balaban J connectivity index is 1.48. The van der Waals surface area contributed by atoms with Crippen LogP contribution in [0, 0.1) is 0 Å². The molecule has 1 aliphatic rings. The molecule has 108 valence electrons. The maximum atomic E-state index is 5.51. The zero-order chi connectivity index (χ0) is 13.3. The summed E-state index contributed by atoms with van der Waals surface area (Å²) in [6, 6.07) is 0. The van der Waals surface area contributed by atoms with Gasteiger partial charge in [-0.1, -0.05) is 13.3 Å². The fourth-order valence-electron chi connectivity index (χ4n) is 2.27. The van der Waals surface area contributed by atoms with Crippen molar-refractivity contribution in [3.63, 3.8) is 0 Å². The van der Waals surface area contributed by atoms with Crippen LogP contribution < -0.4 is 5.32 Å². The predicted molar refractivity (Wildman–Crippen MR) is 76.1 cm³/mol. The second-order valence-electron chi connectivity index (χ2n) is 5.03. The molecule has 0 saturated carbocycles. The van der Waals surface area contributed by atoms with Gasteiger partial charge in [0.25, 0.3) is 0 Å². The molecule has 0 aromatic carbocycles. The van der Waals surface area contributed by atoms with Crippen LogP contribution >= 0.6 is 0 Å². The molecule has 0 bridgehead atoms. The molecule has 2 heterocycles. The monoisotopic (exact) mass is 266 g/mol. The normalized spacial score (nSPS) is 15.6. The minimum Gasteiger partial charge on any atom is -0.380 e. The average molecular weight is 266 g/mol. The second-order valence-corrected chi connectivity index (χ2v) is 5.03. The Bertz CT molecular complexity index is 353. The van der Waals surface area contributed by atoms with Crippen molar-refractivity contribution in [2.75, 3.05) is 39.4 Å². The van der Waals surface area contributed by atoms with E-state index in [9.17, 15) is 0 Å². The summed E-state index contributed by atoms with van der Waals surface area (Å²) in [4.78, 5) is 6.83. The summed E-state index contributed by atoms with van der Waals surface area (Å²) in [7, 11) is 0. The number of rotatable bonds is 9. The number of aromatic nitrogens is 2. The summed E-state index contributed by atoms with van der Waals surface area (Å²) in [6.07, 6.45) is 6.34. The highest BCUT2D eigenvalue weighted by molar-refractivity contribution is 4.95. The maximum Gasteiger partial charge on any atom is 0.122 e. The molecule has 5 heteroatoms. The summed E-state index contributed by atoms with van der Waals surface area (Å²) in [5.41, 5.74) is 0. The van der Waals surface area contributed by atoms with E-state index in [1.165, 1.54) is 18.7 Å². The van der Waals surface area contributed by atoms with Gasteiger partial charge in [0.15, 0.2) is 0 Å². The minimum atomic E-state index is 0.824. The van der Waals surface area contributed by atoms with Crippen molar-refractivity contribution in [3.05, 3.63) is 18.2 Å². The van der Waals surface area contributed by atoms with Crippen LogP contribution in [0.5, 0.6) is 0 Å². The molecule has 5 nitrogen and oxygen atoms in total. The van der Waals surface area contributed by atoms with E-state index in [0.29, 0.717) is 0 Å². The molecule has 1 N–H and O–H groups in total. The molecular formula is C14H26N4O. The smallest absolute Gasteiger partial charge is 0.122 e. The molecule has 0 fully saturated rings. The molecule has 0 spiro atoms. The number of unbranched alkanes of at least 4 members (excludes halogenated alkanes) is 1. The largest absolute Gasteiger partial charge is 0.380 e. The summed E-state index contributed by atoms with van der Waals surface area (Å²) in [5.74, 6) is 1.19. The molecule has 0 atom stereocenters. The molecule has 0 saturated heterocycles. The number of imidazole rings is 1. The lowest BCUT2D eigenvalue weighted by molar-refractivity contribution is 0.131. The SMILES string of the molecule is CCCCOCCNCCN1CCn2ccnc2C1. The van der Waals surface area contributed by atoms with Gasteiger partial charge < -0.3 is 14.6 Å². The van der Waals surface area contributed by atoms with Crippen molar-refractivity contribution in [1.29, 1.82) is 0 Å². The Labute approximate surface area is 116 Å². The van der Waals surface area contributed by atoms with Crippen LogP contribution in [0.1, 0.15) is 25.6 Å². The Morgan fingerprint density at radius 3 is 3.16 bits per heavy atom. The zero-order valence-corrected chi connectivity index (χ0v) is 12.0. The van der Waals surface area contributed by atoms with Crippen LogP contribution in [0.25, 0.3) is 0 Å². The van der Waals surface area contributed by atoms with Gasteiger partial charge in [0.1, 0.15) is 5.82 Å². The zero-order valence-electron chi connectivity index (χ0n) is 12.0. The van der Waals surface area contributed by atoms with E-state index in [2.05, 4.69) is 32.9 Å². The number of nitrogens with zero attached hydrogens (tertiary/aromatic N) is 3. The van der Waals surface area contributed by atoms with Gasteiger partial charge in [-0.15, -0.1) is 0 Å². The highest BCUT2D eigenvalue weighted by Gasteiger charge is 2.15. The quantitative estimate of drug-likeness (QED) is 0.680. The molecule has 0 amide bonds. The Hall–Kier alpha value is -0.910. The van der Waals surface area contributed by atoms with E-state index in [0.717, 1.165) is 52.5 Å². The summed E-state index contributed by atoms with van der Waals surface area (Å²) >= 11 is 0. The Morgan fingerprint density at radius 2 is 2.26 bits per heavy atom. The van der Waals surface area contributed by atoms with Crippen LogP contribution in [0.15, 0.2) is 12.4 Å². The van der Waals surface area contributed by atoms with Crippen LogP contribution in [-0.2, 0) is 17.8 Å². The van der Waals surface area contributed by atoms with Crippen molar-refractivity contribution >= 4 is 0 Å². The number of ether oxygens (including phenoxy) is 1. The van der Waals surface area contributed by atoms with Gasteiger partial charge in [0, 0.05) is 51.7 Å². The molecular weight excluding hydrogens is 240 g/mol. The number of hydrogen-bond acceptors (Lipinski definition) is 4. The first-order chi connectivity index (χ1) is 9.40. The van der Waals surface area contributed by atoms with Gasteiger partial charge in [0.2, 0.25) is 0 Å². The molecule has 2 rings (SSSR count). The van der Waals surface area contributed by atoms with Crippen LogP contribution in [0.4, 0.5) is 0 Å². The van der Waals surface area contributed by atoms with E-state index in [1.54, 1.807) is 0 Å². The summed E-state index contributed by atoms with van der Waals surface area (Å²) < 4.78 is 7.75. The van der Waals surface area contributed by atoms with E-state index >= 15 is 0 Å². The van der Waals surface area contributed by atoms with Crippen molar-refractivity contribution in [1.82, 2.24) is 19.8 Å². The molecule has 0 radical (unpaired) electrons. The molecule has 1 aromatic rings. The highest BCUT2D eigenvalue weighted by atomic mass is 16.5. The van der Waals surface area contributed by atoms with Crippen LogP contribution in [0.2, 0.25) is 0 Å². The van der Waals surface area contributed by atoms with Crippen molar-refractivity contribution < 1.29 is 4.74 Å². The van der Waals surface area contributed by atoms with Crippen molar-refractivity contribution in [3.8, 4) is 0 Å². The second kappa shape index (κ2) is 8.30. The highest BCUT2D eigenvalue weighted by Crippen LogP contribution is 2.08.